The normalized spacial score (nSPS) is 14.6. The molecule has 0 unspecified atom stereocenters. The summed E-state index contributed by atoms with van der Waals surface area (Å²) >= 11 is 0. The number of anilines is 5. The smallest absolute Gasteiger partial charge is 0.0583 e. The molecule has 3 heterocycles. The Labute approximate surface area is 347 Å². The zero-order valence-electron chi connectivity index (χ0n) is 34.6. The molecule has 1 aromatic heterocycles. The first-order valence-corrected chi connectivity index (χ1v) is 20.9. The Bertz CT molecular complexity index is 3130. The van der Waals surface area contributed by atoms with Crippen LogP contribution in [-0.2, 0) is 10.8 Å². The number of rotatable bonds is 7. The Balaban J connectivity index is 1.16. The molecule has 3 nitrogen and oxygen atoms in total. The van der Waals surface area contributed by atoms with Crippen LogP contribution in [0.4, 0.5) is 28.4 Å². The molecule has 0 N–H and O–H groups in total. The van der Waals surface area contributed by atoms with E-state index in [9.17, 15) is 0 Å². The first-order chi connectivity index (χ1) is 28.6. The van der Waals surface area contributed by atoms with Crippen molar-refractivity contribution >= 4 is 61.0 Å². The maximum Gasteiger partial charge on any atom is 0.0583 e. The lowest BCUT2D eigenvalue weighted by Gasteiger charge is -2.42. The zero-order valence-corrected chi connectivity index (χ0v) is 34.6. The fourth-order valence-corrected chi connectivity index (χ4v) is 10.2. The van der Waals surface area contributed by atoms with Crippen molar-refractivity contribution in [2.45, 2.75) is 52.4 Å². The van der Waals surface area contributed by atoms with E-state index in [1.165, 1.54) is 83.0 Å². The van der Waals surface area contributed by atoms with Gasteiger partial charge in [-0.1, -0.05) is 131 Å². The summed E-state index contributed by atoms with van der Waals surface area (Å²) < 4.78 is 2.63. The highest BCUT2D eigenvalue weighted by atomic mass is 15.2. The lowest BCUT2D eigenvalue weighted by atomic mass is 9.68. The third-order valence-electron chi connectivity index (χ3n) is 13.4. The van der Waals surface area contributed by atoms with Crippen molar-refractivity contribution in [3.63, 3.8) is 0 Å². The number of benzene rings is 8. The average Bonchev–Trinajstić information content (AvgIpc) is 3.60. The minimum atomic E-state index is -0.224. The van der Waals surface area contributed by atoms with Crippen LogP contribution in [0.15, 0.2) is 182 Å². The Morgan fingerprint density at radius 2 is 1.00 bits per heavy atom. The molecular formula is C56H47N3. The summed E-state index contributed by atoms with van der Waals surface area (Å²) in [4.78, 5) is 4.78. The molecule has 286 valence electrons. The number of allylic oxidation sites excluding steroid dienone is 2. The van der Waals surface area contributed by atoms with Crippen LogP contribution in [0, 0.1) is 0 Å². The van der Waals surface area contributed by atoms with E-state index >= 15 is 0 Å². The first-order valence-electron chi connectivity index (χ1n) is 20.9. The van der Waals surface area contributed by atoms with Gasteiger partial charge in [0.2, 0.25) is 0 Å². The molecule has 0 aliphatic carbocycles. The molecule has 3 heteroatoms. The van der Waals surface area contributed by atoms with Crippen LogP contribution < -0.4 is 9.80 Å². The van der Waals surface area contributed by atoms with Crippen LogP contribution in [0.5, 0.6) is 0 Å². The number of aromatic nitrogens is 1. The van der Waals surface area contributed by atoms with Gasteiger partial charge >= 0.3 is 0 Å². The lowest BCUT2D eigenvalue weighted by molar-refractivity contribution is 0.594. The van der Waals surface area contributed by atoms with Crippen molar-refractivity contribution in [1.29, 1.82) is 0 Å². The fraction of sp³-hybridized carbons (Fsp3) is 0.143. The molecule has 59 heavy (non-hydrogen) atoms. The van der Waals surface area contributed by atoms with Gasteiger partial charge in [-0.05, 0) is 131 Å². The largest absolute Gasteiger partial charge is 0.315 e. The van der Waals surface area contributed by atoms with Crippen molar-refractivity contribution in [3.8, 4) is 16.8 Å². The summed E-state index contributed by atoms with van der Waals surface area (Å²) in [5.74, 6) is 0. The van der Waals surface area contributed by atoms with E-state index in [0.717, 1.165) is 22.7 Å². The second-order valence-electron chi connectivity index (χ2n) is 17.4. The molecule has 2 aliphatic heterocycles. The molecule has 0 atom stereocenters. The van der Waals surface area contributed by atoms with Gasteiger partial charge in [0.1, 0.15) is 0 Å². The number of para-hydroxylation sites is 3. The van der Waals surface area contributed by atoms with Gasteiger partial charge in [0.15, 0.2) is 0 Å². The van der Waals surface area contributed by atoms with E-state index in [2.05, 4.69) is 232 Å². The predicted octanol–water partition coefficient (Wildman–Crippen LogP) is 15.4. The fourth-order valence-electron chi connectivity index (χ4n) is 10.2. The minimum absolute atomic E-state index is 0.212. The number of nitrogens with zero attached hydrogens (tertiary/aromatic N) is 3. The highest BCUT2D eigenvalue weighted by Gasteiger charge is 2.44. The van der Waals surface area contributed by atoms with Gasteiger partial charge in [-0.2, -0.15) is 0 Å². The minimum Gasteiger partial charge on any atom is -0.315 e. The van der Waals surface area contributed by atoms with Crippen molar-refractivity contribution in [3.05, 3.63) is 204 Å². The van der Waals surface area contributed by atoms with E-state index in [-0.39, 0.29) is 10.8 Å². The maximum atomic E-state index is 2.63. The van der Waals surface area contributed by atoms with Gasteiger partial charge in [0.25, 0.3) is 0 Å². The number of fused-ring (bicyclic) bond motifs is 2. The molecule has 0 fully saturated rings. The van der Waals surface area contributed by atoms with Crippen molar-refractivity contribution in [2.75, 3.05) is 9.80 Å². The maximum absolute atomic E-state index is 2.63. The predicted molar refractivity (Wildman–Crippen MR) is 251 cm³/mol. The Morgan fingerprint density at radius 1 is 0.458 bits per heavy atom. The Hall–Kier alpha value is -6.84. The quantitative estimate of drug-likeness (QED) is 0.160. The summed E-state index contributed by atoms with van der Waals surface area (Å²) in [7, 11) is 0. The summed E-state index contributed by atoms with van der Waals surface area (Å²) in [5, 5.41) is 5.09. The van der Waals surface area contributed by atoms with Crippen molar-refractivity contribution in [1.82, 2.24) is 4.57 Å². The van der Waals surface area contributed by atoms with Gasteiger partial charge in [-0.15, -0.1) is 0 Å². The second-order valence-corrected chi connectivity index (χ2v) is 17.4. The van der Waals surface area contributed by atoms with E-state index in [1.54, 1.807) is 0 Å². The molecule has 8 aromatic carbocycles. The van der Waals surface area contributed by atoms with Gasteiger partial charge in [-0.25, -0.2) is 0 Å². The number of hydrogen-bond acceptors (Lipinski definition) is 2. The van der Waals surface area contributed by atoms with E-state index in [4.69, 9.17) is 0 Å². The molecule has 0 amide bonds. The topological polar surface area (TPSA) is 11.4 Å². The molecular weight excluding hydrogens is 715 g/mol. The molecule has 2 aliphatic rings. The van der Waals surface area contributed by atoms with Gasteiger partial charge < -0.3 is 14.4 Å². The van der Waals surface area contributed by atoms with Crippen LogP contribution in [0.2, 0.25) is 0 Å². The monoisotopic (exact) mass is 761 g/mol. The summed E-state index contributed by atoms with van der Waals surface area (Å²) in [6.07, 6.45) is 2.23. The summed E-state index contributed by atoms with van der Waals surface area (Å²) in [6.45, 7) is 14.1. The molecule has 11 rings (SSSR count). The average molecular weight is 762 g/mol. The SMILES string of the molecule is CC=C(C)N(c1ccc2ccccc2c1)c1cc2c3c(c1)c1cc(-c4ccc(N(c5ccccc5)c5ccccc5)cc4)cc4c1n3-c1c(cccc1C2(C)C)C4(C)C. The van der Waals surface area contributed by atoms with E-state index in [0.29, 0.717) is 0 Å². The van der Waals surface area contributed by atoms with Gasteiger partial charge in [0.05, 0.1) is 16.7 Å². The zero-order chi connectivity index (χ0) is 40.2. The summed E-state index contributed by atoms with van der Waals surface area (Å²) in [6, 6.07) is 62.9. The molecule has 0 spiro atoms. The van der Waals surface area contributed by atoms with Crippen LogP contribution in [0.25, 0.3) is 49.4 Å². The molecule has 0 radical (unpaired) electrons. The Kier molecular flexibility index (Phi) is 7.68. The van der Waals surface area contributed by atoms with Crippen LogP contribution in [-0.4, -0.2) is 4.57 Å². The Morgan fingerprint density at radius 3 is 1.63 bits per heavy atom. The third kappa shape index (κ3) is 5.14. The van der Waals surface area contributed by atoms with Crippen LogP contribution >= 0.6 is 0 Å². The molecule has 0 saturated carbocycles. The van der Waals surface area contributed by atoms with E-state index < -0.39 is 0 Å². The number of hydrogen-bond donors (Lipinski definition) is 0. The van der Waals surface area contributed by atoms with E-state index in [1.807, 2.05) is 0 Å². The van der Waals surface area contributed by atoms with Crippen LogP contribution in [0.3, 0.4) is 0 Å². The summed E-state index contributed by atoms with van der Waals surface area (Å²) in [5.41, 5.74) is 18.5. The van der Waals surface area contributed by atoms with Crippen molar-refractivity contribution in [2.24, 2.45) is 0 Å². The molecule has 0 bridgehead atoms. The second kappa shape index (κ2) is 12.8. The van der Waals surface area contributed by atoms with Crippen LogP contribution in [0.1, 0.15) is 63.8 Å². The lowest BCUT2D eigenvalue weighted by Crippen LogP contribution is -2.33. The van der Waals surface area contributed by atoms with Gasteiger partial charge in [0, 0.05) is 55.7 Å². The first kappa shape index (κ1) is 35.3. The molecule has 9 aromatic rings. The standard InChI is InChI=1S/C56H47N3/c1-7-36(2)57(44-30-27-37-17-14-15-18-39(37)31-44)45-34-47-46-32-40(38-25-28-43(29-26-38)58(41-19-10-8-11-20-41)42-21-12-9-13-22-42)33-50-52(46)59-53(47)51(35-45)56(5,6)49-24-16-23-48(54(49)59)55(50,3)4/h7-35H,1-6H3. The third-order valence-corrected chi connectivity index (χ3v) is 13.4. The van der Waals surface area contributed by atoms with Gasteiger partial charge in [-0.3, -0.25) is 0 Å². The highest BCUT2D eigenvalue weighted by Crippen LogP contribution is 2.57. The highest BCUT2D eigenvalue weighted by molar-refractivity contribution is 6.16. The molecule has 0 saturated heterocycles. The van der Waals surface area contributed by atoms with Crippen molar-refractivity contribution < 1.29 is 0 Å².